The number of Topliss-reactive ketones (excluding diaryl/α,β-unsaturated/α-hetero) is 1. The second kappa shape index (κ2) is 18.1. The summed E-state index contributed by atoms with van der Waals surface area (Å²) in [7, 11) is 0. The molecule has 0 aliphatic heterocycles. The second-order valence-corrected chi connectivity index (χ2v) is 11.1. The molecule has 2 aromatic rings. The van der Waals surface area contributed by atoms with Gasteiger partial charge in [-0.1, -0.05) is 114 Å². The van der Waals surface area contributed by atoms with Crippen LogP contribution in [-0.4, -0.2) is 22.8 Å². The molecule has 6 heteroatoms. The van der Waals surface area contributed by atoms with Gasteiger partial charge in [0.05, 0.1) is 10.6 Å². The first-order valence-electron chi connectivity index (χ1n) is 14.5. The Labute approximate surface area is 228 Å². The highest BCUT2D eigenvalue weighted by molar-refractivity contribution is 7.17. The average Bonchev–Trinajstić information content (AvgIpc) is 3.25. The van der Waals surface area contributed by atoms with Crippen LogP contribution >= 0.6 is 11.3 Å². The molecule has 0 radical (unpaired) electrons. The molecule has 5 nitrogen and oxygen atoms in total. The monoisotopic (exact) mass is 528 g/mol. The van der Waals surface area contributed by atoms with Gasteiger partial charge in [-0.25, -0.2) is 4.98 Å². The Hall–Kier alpha value is -2.21. The van der Waals surface area contributed by atoms with Gasteiger partial charge in [-0.3, -0.25) is 14.9 Å². The predicted molar refractivity (Wildman–Crippen MR) is 156 cm³/mol. The standard InChI is InChI=1S/C31H48N2O3S/c1-5-7-8-9-10-11-12-13-14-15-16-17-18-20-26-21-19-22-27(23-26)36-28(6-2)30(35)33-31-32-24(3)29(37-31)25(4)34/h19,21-23,28H,5-18,20H2,1-4H3,(H,32,33,35). The smallest absolute Gasteiger partial charge is 0.267 e. The van der Waals surface area contributed by atoms with Crippen LogP contribution in [0.25, 0.3) is 0 Å². The van der Waals surface area contributed by atoms with Crippen molar-refractivity contribution in [3.63, 3.8) is 0 Å². The minimum atomic E-state index is -0.614. The maximum absolute atomic E-state index is 12.8. The largest absolute Gasteiger partial charge is 0.481 e. The van der Waals surface area contributed by atoms with Crippen molar-refractivity contribution in [3.05, 3.63) is 40.4 Å². The number of ketones is 1. The Morgan fingerprint density at radius 1 is 0.919 bits per heavy atom. The molecule has 0 bridgehead atoms. The maximum Gasteiger partial charge on any atom is 0.267 e. The fourth-order valence-corrected chi connectivity index (χ4v) is 5.43. The number of thiazole rings is 1. The van der Waals surface area contributed by atoms with Crippen LogP contribution in [-0.2, 0) is 11.2 Å². The van der Waals surface area contributed by atoms with Gasteiger partial charge in [-0.2, -0.15) is 0 Å². The average molecular weight is 529 g/mol. The van der Waals surface area contributed by atoms with E-state index in [-0.39, 0.29) is 11.7 Å². The molecule has 1 unspecified atom stereocenters. The summed E-state index contributed by atoms with van der Waals surface area (Å²) in [5.74, 6) is 0.432. The molecule has 1 N–H and O–H groups in total. The molecule has 1 aromatic carbocycles. The molecule has 1 atom stereocenters. The quantitative estimate of drug-likeness (QED) is 0.137. The van der Waals surface area contributed by atoms with Crippen LogP contribution in [0.5, 0.6) is 5.75 Å². The molecule has 1 heterocycles. The highest BCUT2D eigenvalue weighted by atomic mass is 32.1. The fraction of sp³-hybridized carbons (Fsp3) is 0.645. The molecule has 0 saturated carbocycles. The molecular weight excluding hydrogens is 480 g/mol. The molecule has 37 heavy (non-hydrogen) atoms. The topological polar surface area (TPSA) is 68.3 Å². The van der Waals surface area contributed by atoms with Crippen molar-refractivity contribution >= 4 is 28.2 Å². The molecular formula is C31H48N2O3S. The van der Waals surface area contributed by atoms with E-state index in [1.807, 2.05) is 19.1 Å². The van der Waals surface area contributed by atoms with Gasteiger partial charge in [0.2, 0.25) is 0 Å². The van der Waals surface area contributed by atoms with E-state index in [1.165, 1.54) is 107 Å². The van der Waals surface area contributed by atoms with E-state index in [1.54, 1.807) is 6.92 Å². The number of hydrogen-bond acceptors (Lipinski definition) is 5. The van der Waals surface area contributed by atoms with Gasteiger partial charge < -0.3 is 4.74 Å². The number of aromatic nitrogens is 1. The highest BCUT2D eigenvalue weighted by Crippen LogP contribution is 2.24. The van der Waals surface area contributed by atoms with Crippen molar-refractivity contribution in [2.24, 2.45) is 0 Å². The molecule has 1 amide bonds. The maximum atomic E-state index is 12.8. The van der Waals surface area contributed by atoms with Crippen LogP contribution < -0.4 is 10.1 Å². The zero-order valence-electron chi connectivity index (χ0n) is 23.6. The number of benzene rings is 1. The van der Waals surface area contributed by atoms with Gasteiger partial charge in [-0.05, 0) is 43.9 Å². The van der Waals surface area contributed by atoms with E-state index in [9.17, 15) is 9.59 Å². The first kappa shape index (κ1) is 31.0. The number of carbonyl (C=O) groups is 2. The SMILES string of the molecule is CCCCCCCCCCCCCCCc1cccc(OC(CC)C(=O)Nc2nc(C)c(C(C)=O)s2)c1. The minimum absolute atomic E-state index is 0.0425. The number of amides is 1. The third-order valence-electron chi connectivity index (χ3n) is 6.76. The van der Waals surface area contributed by atoms with Crippen LogP contribution in [0.3, 0.4) is 0 Å². The number of rotatable bonds is 20. The van der Waals surface area contributed by atoms with Crippen LogP contribution in [0.15, 0.2) is 24.3 Å². The number of anilines is 1. The summed E-state index contributed by atoms with van der Waals surface area (Å²) in [5.41, 5.74) is 1.89. The number of ether oxygens (including phenoxy) is 1. The second-order valence-electron chi connectivity index (χ2n) is 10.1. The van der Waals surface area contributed by atoms with E-state index in [0.29, 0.717) is 27.9 Å². The van der Waals surface area contributed by atoms with Crippen molar-refractivity contribution in [3.8, 4) is 5.75 Å². The highest BCUT2D eigenvalue weighted by Gasteiger charge is 2.21. The van der Waals surface area contributed by atoms with E-state index < -0.39 is 6.10 Å². The zero-order chi connectivity index (χ0) is 26.9. The summed E-state index contributed by atoms with van der Waals surface area (Å²) in [6.07, 6.45) is 18.6. The Bertz CT molecular complexity index is 940. The third kappa shape index (κ3) is 12.3. The van der Waals surface area contributed by atoms with Crippen molar-refractivity contribution < 1.29 is 14.3 Å². The minimum Gasteiger partial charge on any atom is -0.481 e. The van der Waals surface area contributed by atoms with E-state index in [2.05, 4.69) is 29.4 Å². The lowest BCUT2D eigenvalue weighted by atomic mass is 10.0. The molecule has 0 aliphatic rings. The predicted octanol–water partition coefficient (Wildman–Crippen LogP) is 9.08. The summed E-state index contributed by atoms with van der Waals surface area (Å²) in [6, 6.07) is 8.10. The van der Waals surface area contributed by atoms with Crippen molar-refractivity contribution in [1.82, 2.24) is 4.98 Å². The van der Waals surface area contributed by atoms with Gasteiger partial charge in [0, 0.05) is 6.92 Å². The lowest BCUT2D eigenvalue weighted by Crippen LogP contribution is -2.32. The normalized spacial score (nSPS) is 11.9. The van der Waals surface area contributed by atoms with E-state index in [4.69, 9.17) is 4.74 Å². The number of nitrogens with zero attached hydrogens (tertiary/aromatic N) is 1. The number of carbonyl (C=O) groups excluding carboxylic acids is 2. The molecule has 1 aromatic heterocycles. The van der Waals surface area contributed by atoms with E-state index >= 15 is 0 Å². The van der Waals surface area contributed by atoms with E-state index in [0.717, 1.165) is 6.42 Å². The molecule has 0 aliphatic carbocycles. The zero-order valence-corrected chi connectivity index (χ0v) is 24.4. The van der Waals surface area contributed by atoms with Crippen molar-refractivity contribution in [1.29, 1.82) is 0 Å². The van der Waals surface area contributed by atoms with Crippen molar-refractivity contribution in [2.75, 3.05) is 5.32 Å². The molecule has 0 saturated heterocycles. The van der Waals surface area contributed by atoms with Gasteiger partial charge in [0.15, 0.2) is 17.0 Å². The fourth-order valence-electron chi connectivity index (χ4n) is 4.57. The first-order valence-corrected chi connectivity index (χ1v) is 15.3. The van der Waals surface area contributed by atoms with Crippen LogP contribution in [0.4, 0.5) is 5.13 Å². The van der Waals surface area contributed by atoms with Gasteiger partial charge in [0.25, 0.3) is 5.91 Å². The lowest BCUT2D eigenvalue weighted by Gasteiger charge is -2.17. The number of nitrogens with one attached hydrogen (secondary N) is 1. The molecule has 2 rings (SSSR count). The van der Waals surface area contributed by atoms with Crippen molar-refractivity contribution in [2.45, 2.75) is 130 Å². The van der Waals surface area contributed by atoms with Gasteiger partial charge in [0.1, 0.15) is 5.75 Å². The number of unbranched alkanes of at least 4 members (excludes halogenated alkanes) is 12. The summed E-state index contributed by atoms with van der Waals surface area (Å²) in [5, 5.41) is 3.25. The summed E-state index contributed by atoms with van der Waals surface area (Å²) in [4.78, 5) is 29.3. The summed E-state index contributed by atoms with van der Waals surface area (Å²) >= 11 is 1.21. The number of hydrogen-bond donors (Lipinski definition) is 1. The lowest BCUT2D eigenvalue weighted by molar-refractivity contribution is -0.122. The molecule has 0 fully saturated rings. The first-order chi connectivity index (χ1) is 17.9. The number of aryl methyl sites for hydroxylation is 2. The van der Waals surface area contributed by atoms with Gasteiger partial charge >= 0.3 is 0 Å². The van der Waals surface area contributed by atoms with Gasteiger partial charge in [-0.15, -0.1) is 0 Å². The van der Waals surface area contributed by atoms with Crippen LogP contribution in [0, 0.1) is 6.92 Å². The summed E-state index contributed by atoms with van der Waals surface area (Å²) < 4.78 is 6.04. The third-order valence-corrected chi connectivity index (χ3v) is 7.93. The van der Waals surface area contributed by atoms with Crippen LogP contribution in [0.2, 0.25) is 0 Å². The molecule has 206 valence electrons. The summed E-state index contributed by atoms with van der Waals surface area (Å²) in [6.45, 7) is 7.49. The van der Waals surface area contributed by atoms with Crippen LogP contribution in [0.1, 0.15) is 132 Å². The Kier molecular flexibility index (Phi) is 15.2. The Balaban J connectivity index is 1.65. The Morgan fingerprint density at radius 2 is 1.51 bits per heavy atom. The molecule has 0 spiro atoms. The Morgan fingerprint density at radius 3 is 2.05 bits per heavy atom.